The van der Waals surface area contributed by atoms with E-state index in [-0.39, 0.29) is 5.69 Å². The van der Waals surface area contributed by atoms with Crippen molar-refractivity contribution >= 4 is 17.3 Å². The highest BCUT2D eigenvalue weighted by atomic mass is 16.6. The minimum Gasteiger partial charge on any atom is -0.324 e. The molecule has 1 amide bonds. The van der Waals surface area contributed by atoms with Crippen molar-refractivity contribution in [2.24, 2.45) is 0 Å². The maximum Gasteiger partial charge on any atom is 0.285 e. The molecule has 24 heavy (non-hydrogen) atoms. The van der Waals surface area contributed by atoms with Gasteiger partial charge >= 0.3 is 0 Å². The monoisotopic (exact) mass is 329 g/mol. The van der Waals surface area contributed by atoms with Gasteiger partial charge in [-0.3, -0.25) is 24.3 Å². The van der Waals surface area contributed by atoms with Gasteiger partial charge in [0, 0.05) is 17.8 Å². The zero-order valence-corrected chi connectivity index (χ0v) is 14.0. The van der Waals surface area contributed by atoms with Gasteiger partial charge in [-0.05, 0) is 38.8 Å². The molecule has 2 rings (SSSR count). The molecule has 126 valence electrons. The van der Waals surface area contributed by atoms with Crippen LogP contribution in [0.25, 0.3) is 0 Å². The molecule has 0 aliphatic rings. The van der Waals surface area contributed by atoms with E-state index in [1.54, 1.807) is 0 Å². The summed E-state index contributed by atoms with van der Waals surface area (Å²) in [5.41, 5.74) is 2.90. The molecule has 1 heterocycles. The average Bonchev–Trinajstić information content (AvgIpc) is 2.50. The lowest BCUT2D eigenvalue weighted by Gasteiger charge is -2.17. The molecule has 0 saturated carbocycles. The van der Waals surface area contributed by atoms with E-state index in [1.807, 2.05) is 32.9 Å². The Balaban J connectivity index is 2.33. The number of aryl methyl sites for hydroxylation is 3. The van der Waals surface area contributed by atoms with E-state index >= 15 is 0 Å². The third-order valence-electron chi connectivity index (χ3n) is 3.86. The van der Waals surface area contributed by atoms with Gasteiger partial charge in [0.2, 0.25) is 5.91 Å². The van der Waals surface area contributed by atoms with Crippen LogP contribution in [-0.4, -0.2) is 15.4 Å². The highest BCUT2D eigenvalue weighted by Gasteiger charge is 2.20. The highest BCUT2D eigenvalue weighted by molar-refractivity contribution is 5.95. The number of rotatable bonds is 4. The van der Waals surface area contributed by atoms with Crippen LogP contribution in [0.4, 0.5) is 11.4 Å². The Morgan fingerprint density at radius 1 is 1.21 bits per heavy atom. The number of anilines is 1. The molecule has 1 atom stereocenters. The fourth-order valence-electron chi connectivity index (χ4n) is 2.63. The second kappa shape index (κ2) is 6.66. The van der Waals surface area contributed by atoms with Gasteiger partial charge in [0.05, 0.1) is 11.1 Å². The van der Waals surface area contributed by atoms with Gasteiger partial charge in [0.1, 0.15) is 6.04 Å². The maximum atomic E-state index is 12.5. The predicted molar refractivity (Wildman–Crippen MR) is 91.4 cm³/mol. The van der Waals surface area contributed by atoms with Crippen molar-refractivity contribution in [2.75, 3.05) is 5.32 Å². The average molecular weight is 329 g/mol. The first-order valence-electron chi connectivity index (χ1n) is 7.46. The number of aromatic nitrogens is 1. The van der Waals surface area contributed by atoms with E-state index in [1.165, 1.54) is 6.92 Å². The standard InChI is InChI=1S/C17H19N3O4/c1-10-7-11(2)16(12(3)8-10)18-17(22)13(4)19-9-14(20(23)24)5-6-15(19)21/h5-9,13H,1-4H3,(H,18,22). The second-order valence-electron chi connectivity index (χ2n) is 5.83. The number of carbonyl (C=O) groups excluding carboxylic acids is 1. The Morgan fingerprint density at radius 3 is 2.33 bits per heavy atom. The number of nitro groups is 1. The largest absolute Gasteiger partial charge is 0.324 e. The molecule has 0 bridgehead atoms. The van der Waals surface area contributed by atoms with Crippen molar-refractivity contribution in [1.82, 2.24) is 4.57 Å². The van der Waals surface area contributed by atoms with Gasteiger partial charge in [0.15, 0.2) is 0 Å². The molecule has 2 aromatic rings. The van der Waals surface area contributed by atoms with Crippen LogP contribution in [0.1, 0.15) is 29.7 Å². The summed E-state index contributed by atoms with van der Waals surface area (Å²) in [5, 5.41) is 13.7. The molecular formula is C17H19N3O4. The van der Waals surface area contributed by atoms with Crippen LogP contribution in [-0.2, 0) is 4.79 Å². The van der Waals surface area contributed by atoms with Crippen molar-refractivity contribution < 1.29 is 9.72 Å². The maximum absolute atomic E-state index is 12.5. The summed E-state index contributed by atoms with van der Waals surface area (Å²) in [5.74, 6) is -0.410. The molecule has 1 aromatic carbocycles. The molecule has 7 heteroatoms. The molecule has 0 aliphatic heterocycles. The first-order chi connectivity index (χ1) is 11.2. The van der Waals surface area contributed by atoms with Gasteiger partial charge in [-0.15, -0.1) is 0 Å². The summed E-state index contributed by atoms with van der Waals surface area (Å²) in [4.78, 5) is 34.7. The summed E-state index contributed by atoms with van der Waals surface area (Å²) in [6, 6.07) is 5.24. The summed E-state index contributed by atoms with van der Waals surface area (Å²) in [6.45, 7) is 7.27. The topological polar surface area (TPSA) is 94.2 Å². The molecule has 1 aromatic heterocycles. The van der Waals surface area contributed by atoms with E-state index < -0.39 is 22.4 Å². The predicted octanol–water partition coefficient (Wildman–Crippen LogP) is 2.88. The fraction of sp³-hybridized carbons (Fsp3) is 0.294. The second-order valence-corrected chi connectivity index (χ2v) is 5.83. The molecule has 7 nitrogen and oxygen atoms in total. The normalized spacial score (nSPS) is 11.8. The third-order valence-corrected chi connectivity index (χ3v) is 3.86. The van der Waals surface area contributed by atoms with E-state index in [2.05, 4.69) is 5.32 Å². The van der Waals surface area contributed by atoms with Gasteiger partial charge in [0.25, 0.3) is 11.2 Å². The number of hydrogen-bond donors (Lipinski definition) is 1. The minimum atomic E-state index is -0.877. The molecule has 0 spiro atoms. The Morgan fingerprint density at radius 2 is 1.79 bits per heavy atom. The number of carbonyl (C=O) groups is 1. The van der Waals surface area contributed by atoms with Crippen LogP contribution in [0.5, 0.6) is 0 Å². The highest BCUT2D eigenvalue weighted by Crippen LogP contribution is 2.23. The first-order valence-corrected chi connectivity index (χ1v) is 7.46. The van der Waals surface area contributed by atoms with Gasteiger partial charge in [-0.25, -0.2) is 0 Å². The van der Waals surface area contributed by atoms with Gasteiger partial charge in [-0.2, -0.15) is 0 Å². The number of hydrogen-bond acceptors (Lipinski definition) is 4. The molecular weight excluding hydrogens is 310 g/mol. The fourth-order valence-corrected chi connectivity index (χ4v) is 2.63. The minimum absolute atomic E-state index is 0.239. The molecule has 0 radical (unpaired) electrons. The number of pyridine rings is 1. The van der Waals surface area contributed by atoms with Crippen LogP contribution in [0.3, 0.4) is 0 Å². The number of benzene rings is 1. The van der Waals surface area contributed by atoms with Crippen molar-refractivity contribution in [1.29, 1.82) is 0 Å². The van der Waals surface area contributed by atoms with Crippen LogP contribution in [0, 0.1) is 30.9 Å². The summed E-state index contributed by atoms with van der Waals surface area (Å²) >= 11 is 0. The summed E-state index contributed by atoms with van der Waals surface area (Å²) in [7, 11) is 0. The molecule has 0 aliphatic carbocycles. The van der Waals surface area contributed by atoms with Gasteiger partial charge in [-0.1, -0.05) is 17.7 Å². The van der Waals surface area contributed by atoms with Gasteiger partial charge < -0.3 is 5.32 Å². The van der Waals surface area contributed by atoms with E-state index in [4.69, 9.17) is 0 Å². The van der Waals surface area contributed by atoms with Crippen molar-refractivity contribution in [2.45, 2.75) is 33.7 Å². The lowest BCUT2D eigenvalue weighted by atomic mass is 10.0. The first kappa shape index (κ1) is 17.4. The number of nitrogens with zero attached hydrogens (tertiary/aromatic N) is 2. The van der Waals surface area contributed by atoms with E-state index in [0.29, 0.717) is 5.69 Å². The Bertz CT molecular complexity index is 847. The molecule has 0 saturated heterocycles. The third kappa shape index (κ3) is 3.51. The van der Waals surface area contributed by atoms with Crippen molar-refractivity contribution in [3.8, 4) is 0 Å². The summed E-state index contributed by atoms with van der Waals surface area (Å²) < 4.78 is 1.06. The zero-order valence-electron chi connectivity index (χ0n) is 14.0. The number of amides is 1. The number of nitrogens with one attached hydrogen (secondary N) is 1. The summed E-state index contributed by atoms with van der Waals surface area (Å²) in [6.07, 6.45) is 1.08. The Labute approximate surface area is 139 Å². The van der Waals surface area contributed by atoms with Crippen molar-refractivity contribution in [3.63, 3.8) is 0 Å². The Hall–Kier alpha value is -2.96. The quantitative estimate of drug-likeness (QED) is 0.689. The van der Waals surface area contributed by atoms with Crippen molar-refractivity contribution in [3.05, 3.63) is 67.6 Å². The van der Waals surface area contributed by atoms with Crippen LogP contribution in [0.15, 0.2) is 35.3 Å². The Kier molecular flexibility index (Phi) is 4.82. The molecule has 0 fully saturated rings. The zero-order chi connectivity index (χ0) is 18.0. The molecule has 1 unspecified atom stereocenters. The lowest BCUT2D eigenvalue weighted by Crippen LogP contribution is -2.31. The van der Waals surface area contributed by atoms with Crippen LogP contribution in [0.2, 0.25) is 0 Å². The molecule has 1 N–H and O–H groups in total. The van der Waals surface area contributed by atoms with E-state index in [0.717, 1.165) is 39.6 Å². The SMILES string of the molecule is Cc1cc(C)c(NC(=O)C(C)n2cc([N+](=O)[O-])ccc2=O)c(C)c1. The van der Waals surface area contributed by atoms with Crippen LogP contribution >= 0.6 is 0 Å². The van der Waals surface area contributed by atoms with E-state index in [9.17, 15) is 19.7 Å². The lowest BCUT2D eigenvalue weighted by molar-refractivity contribution is -0.385. The smallest absolute Gasteiger partial charge is 0.285 e. The van der Waals surface area contributed by atoms with Crippen LogP contribution < -0.4 is 10.9 Å².